The molecule has 4 nitrogen and oxygen atoms in total. The normalized spacial score (nSPS) is 14.9. The second kappa shape index (κ2) is 4.40. The van der Waals surface area contributed by atoms with Gasteiger partial charge in [0.25, 0.3) is 0 Å². The van der Waals surface area contributed by atoms with Crippen molar-refractivity contribution in [2.24, 2.45) is 0 Å². The van der Waals surface area contributed by atoms with E-state index in [4.69, 9.17) is 5.11 Å². The summed E-state index contributed by atoms with van der Waals surface area (Å²) in [5.74, 6) is -0.803. The molecule has 1 heterocycles. The van der Waals surface area contributed by atoms with Crippen molar-refractivity contribution in [1.29, 1.82) is 0 Å². The highest BCUT2D eigenvalue weighted by molar-refractivity contribution is 5.68. The van der Waals surface area contributed by atoms with Gasteiger partial charge in [-0.15, -0.1) is 0 Å². The van der Waals surface area contributed by atoms with Crippen LogP contribution in [0.25, 0.3) is 0 Å². The lowest BCUT2D eigenvalue weighted by Crippen LogP contribution is -2.40. The Labute approximate surface area is 89.6 Å². The second-order valence-electron chi connectivity index (χ2n) is 3.97. The van der Waals surface area contributed by atoms with Crippen LogP contribution in [0.2, 0.25) is 0 Å². The van der Waals surface area contributed by atoms with Gasteiger partial charge in [0.2, 0.25) is 0 Å². The van der Waals surface area contributed by atoms with E-state index in [1.807, 2.05) is 38.1 Å². The Hall–Kier alpha value is -1.42. The van der Waals surface area contributed by atoms with Crippen molar-refractivity contribution >= 4 is 5.97 Å². The number of carboxylic acids is 1. The molecule has 0 fully saturated rings. The van der Waals surface area contributed by atoms with Gasteiger partial charge in [0.05, 0.1) is 12.0 Å². The number of pyridine rings is 1. The van der Waals surface area contributed by atoms with E-state index in [2.05, 4.69) is 4.98 Å². The molecule has 4 heteroatoms. The van der Waals surface area contributed by atoms with Crippen molar-refractivity contribution in [1.82, 2.24) is 9.88 Å². The molecule has 1 N–H and O–H groups in total. The Balaban J connectivity index is 3.07. The van der Waals surface area contributed by atoms with Gasteiger partial charge >= 0.3 is 5.97 Å². The van der Waals surface area contributed by atoms with Crippen LogP contribution in [0, 0.1) is 0 Å². The molecule has 0 spiro atoms. The summed E-state index contributed by atoms with van der Waals surface area (Å²) in [5.41, 5.74) is 0.472. The third-order valence-electron chi connectivity index (χ3n) is 2.78. The monoisotopic (exact) mass is 208 g/mol. The summed E-state index contributed by atoms with van der Waals surface area (Å²) < 4.78 is 0. The molecular formula is C11H16N2O2. The Morgan fingerprint density at radius 3 is 2.40 bits per heavy atom. The molecule has 1 atom stereocenters. The molecule has 0 aliphatic carbocycles. The molecule has 0 radical (unpaired) electrons. The van der Waals surface area contributed by atoms with E-state index >= 15 is 0 Å². The Morgan fingerprint density at radius 1 is 1.47 bits per heavy atom. The van der Waals surface area contributed by atoms with E-state index in [1.54, 1.807) is 12.4 Å². The predicted octanol–water partition coefficient (Wildman–Crippen LogP) is 1.33. The average molecular weight is 208 g/mol. The molecule has 0 aliphatic rings. The van der Waals surface area contributed by atoms with Crippen LogP contribution in [-0.4, -0.2) is 35.1 Å². The highest BCUT2D eigenvalue weighted by atomic mass is 16.4. The van der Waals surface area contributed by atoms with Crippen LogP contribution >= 0.6 is 0 Å². The minimum absolute atomic E-state index is 0.0734. The van der Waals surface area contributed by atoms with Crippen molar-refractivity contribution in [3.05, 3.63) is 30.1 Å². The molecule has 1 rings (SSSR count). The molecule has 0 aromatic carbocycles. The third-order valence-corrected chi connectivity index (χ3v) is 2.78. The number of aromatic nitrogens is 1. The molecule has 0 bridgehead atoms. The largest absolute Gasteiger partial charge is 0.481 e. The number of rotatable bonds is 4. The number of carboxylic acid groups (broad SMARTS) is 1. The fourth-order valence-corrected chi connectivity index (χ4v) is 1.52. The van der Waals surface area contributed by atoms with Gasteiger partial charge in [-0.1, -0.05) is 0 Å². The smallest absolute Gasteiger partial charge is 0.305 e. The molecule has 15 heavy (non-hydrogen) atoms. The van der Waals surface area contributed by atoms with Gasteiger partial charge < -0.3 is 5.11 Å². The van der Waals surface area contributed by atoms with E-state index in [1.165, 1.54) is 0 Å². The van der Waals surface area contributed by atoms with E-state index in [0.717, 1.165) is 5.56 Å². The summed E-state index contributed by atoms with van der Waals surface area (Å²) in [6.07, 6.45) is 3.43. The molecule has 0 amide bonds. The Kier molecular flexibility index (Phi) is 3.42. The topological polar surface area (TPSA) is 53.4 Å². The molecule has 0 saturated heterocycles. The summed E-state index contributed by atoms with van der Waals surface area (Å²) in [7, 11) is 3.76. The van der Waals surface area contributed by atoms with Gasteiger partial charge in [-0.25, -0.2) is 0 Å². The molecule has 0 saturated carbocycles. The van der Waals surface area contributed by atoms with Crippen LogP contribution in [0.5, 0.6) is 0 Å². The van der Waals surface area contributed by atoms with Crippen LogP contribution in [0.1, 0.15) is 18.9 Å². The summed E-state index contributed by atoms with van der Waals surface area (Å²) in [4.78, 5) is 16.7. The number of carbonyl (C=O) groups is 1. The molecular weight excluding hydrogens is 192 g/mol. The van der Waals surface area contributed by atoms with Crippen molar-refractivity contribution in [2.45, 2.75) is 18.9 Å². The van der Waals surface area contributed by atoms with Crippen molar-refractivity contribution in [3.8, 4) is 0 Å². The van der Waals surface area contributed by atoms with Crippen LogP contribution in [0.15, 0.2) is 24.5 Å². The summed E-state index contributed by atoms with van der Waals surface area (Å²) in [6.45, 7) is 1.91. The predicted molar refractivity (Wildman–Crippen MR) is 57.5 cm³/mol. The van der Waals surface area contributed by atoms with Gasteiger partial charge in [-0.05, 0) is 38.7 Å². The van der Waals surface area contributed by atoms with Crippen molar-refractivity contribution in [2.75, 3.05) is 14.1 Å². The van der Waals surface area contributed by atoms with Gasteiger partial charge in [0, 0.05) is 12.4 Å². The first-order chi connectivity index (χ1) is 6.97. The number of aliphatic carboxylic acids is 1. The van der Waals surface area contributed by atoms with E-state index in [9.17, 15) is 4.79 Å². The number of nitrogens with zero attached hydrogens (tertiary/aromatic N) is 2. The first-order valence-corrected chi connectivity index (χ1v) is 4.76. The maximum atomic E-state index is 10.9. The summed E-state index contributed by atoms with van der Waals surface area (Å²) in [5, 5.41) is 8.92. The summed E-state index contributed by atoms with van der Waals surface area (Å²) in [6, 6.07) is 3.70. The second-order valence-corrected chi connectivity index (χ2v) is 3.97. The fourth-order valence-electron chi connectivity index (χ4n) is 1.52. The van der Waals surface area contributed by atoms with Gasteiger partial charge in [0.15, 0.2) is 0 Å². The fraction of sp³-hybridized carbons (Fsp3) is 0.455. The highest BCUT2D eigenvalue weighted by Gasteiger charge is 2.31. The molecule has 1 aromatic heterocycles. The quantitative estimate of drug-likeness (QED) is 0.811. The minimum Gasteiger partial charge on any atom is -0.481 e. The van der Waals surface area contributed by atoms with E-state index < -0.39 is 11.5 Å². The first kappa shape index (κ1) is 11.7. The molecule has 0 aliphatic heterocycles. The zero-order valence-corrected chi connectivity index (χ0v) is 9.27. The lowest BCUT2D eigenvalue weighted by Gasteiger charge is -2.35. The Morgan fingerprint density at radius 2 is 2.00 bits per heavy atom. The maximum Gasteiger partial charge on any atom is 0.305 e. The number of hydrogen-bond acceptors (Lipinski definition) is 3. The SMILES string of the molecule is CN(C)C(C)(CC(=O)O)c1ccncc1. The van der Waals surface area contributed by atoms with Crippen LogP contribution < -0.4 is 0 Å². The lowest BCUT2D eigenvalue weighted by molar-refractivity contribution is -0.140. The minimum atomic E-state index is -0.803. The maximum absolute atomic E-state index is 10.9. The van der Waals surface area contributed by atoms with E-state index in [0.29, 0.717) is 0 Å². The molecule has 82 valence electrons. The lowest BCUT2D eigenvalue weighted by atomic mass is 9.88. The standard InChI is InChI=1S/C11H16N2O2/c1-11(13(2)3,8-10(14)15)9-4-6-12-7-5-9/h4-7H,8H2,1-3H3,(H,14,15). The molecule has 1 aromatic rings. The van der Waals surface area contributed by atoms with Crippen molar-refractivity contribution < 1.29 is 9.90 Å². The van der Waals surface area contributed by atoms with Gasteiger partial charge in [0.1, 0.15) is 0 Å². The van der Waals surface area contributed by atoms with Crippen molar-refractivity contribution in [3.63, 3.8) is 0 Å². The van der Waals surface area contributed by atoms with Gasteiger partial charge in [-0.2, -0.15) is 0 Å². The van der Waals surface area contributed by atoms with Crippen LogP contribution in [0.4, 0.5) is 0 Å². The first-order valence-electron chi connectivity index (χ1n) is 4.76. The van der Waals surface area contributed by atoms with Crippen LogP contribution in [0.3, 0.4) is 0 Å². The Bertz CT molecular complexity index is 338. The number of hydrogen-bond donors (Lipinski definition) is 1. The molecule has 1 unspecified atom stereocenters. The van der Waals surface area contributed by atoms with E-state index in [-0.39, 0.29) is 6.42 Å². The average Bonchev–Trinajstić information content (AvgIpc) is 2.17. The third kappa shape index (κ3) is 2.53. The zero-order chi connectivity index (χ0) is 11.5. The highest BCUT2D eigenvalue weighted by Crippen LogP contribution is 2.29. The van der Waals surface area contributed by atoms with Crippen LogP contribution in [-0.2, 0) is 10.3 Å². The zero-order valence-electron chi connectivity index (χ0n) is 9.27. The van der Waals surface area contributed by atoms with Gasteiger partial charge in [-0.3, -0.25) is 14.7 Å². The summed E-state index contributed by atoms with van der Waals surface area (Å²) >= 11 is 0.